The third-order valence-corrected chi connectivity index (χ3v) is 3.60. The fourth-order valence-corrected chi connectivity index (χ4v) is 2.47. The minimum atomic E-state index is -0.548. The molecule has 110 valence electrons. The summed E-state index contributed by atoms with van der Waals surface area (Å²) >= 11 is 0. The number of aryl methyl sites for hydroxylation is 1. The van der Waals surface area contributed by atoms with Crippen LogP contribution in [0.3, 0.4) is 0 Å². The van der Waals surface area contributed by atoms with Gasteiger partial charge in [0.1, 0.15) is 11.6 Å². The number of rotatable bonds is 4. The maximum Gasteiger partial charge on any atom is 0.244 e. The number of amides is 1. The molecule has 1 N–H and O–H groups in total. The van der Waals surface area contributed by atoms with Gasteiger partial charge >= 0.3 is 0 Å². The van der Waals surface area contributed by atoms with Crippen molar-refractivity contribution in [2.45, 2.75) is 39.2 Å². The second-order valence-corrected chi connectivity index (χ2v) is 5.19. The molecule has 5 heteroatoms. The molecule has 1 unspecified atom stereocenters. The normalized spacial score (nSPS) is 19.5. The first-order valence-electron chi connectivity index (χ1n) is 7.05. The molecule has 1 amide bonds. The average molecular weight is 282 g/mol. The molecular formula is C15H20F2N2O. The first-order chi connectivity index (χ1) is 9.54. The molecule has 1 aliphatic heterocycles. The zero-order chi connectivity index (χ0) is 14.7. The Kier molecular flexibility index (Phi) is 4.70. The minimum absolute atomic E-state index is 0.0427. The van der Waals surface area contributed by atoms with E-state index in [2.05, 4.69) is 5.32 Å². The van der Waals surface area contributed by atoms with Gasteiger partial charge in [-0.25, -0.2) is 8.78 Å². The Bertz CT molecular complexity index is 505. The summed E-state index contributed by atoms with van der Waals surface area (Å²) in [5.74, 6) is -1.21. The second-order valence-electron chi connectivity index (χ2n) is 5.19. The molecule has 1 saturated heterocycles. The summed E-state index contributed by atoms with van der Waals surface area (Å²) in [6, 6.07) is 1.96. The quantitative estimate of drug-likeness (QED) is 0.921. The molecular weight excluding hydrogens is 262 g/mol. The zero-order valence-electron chi connectivity index (χ0n) is 11.9. The van der Waals surface area contributed by atoms with Gasteiger partial charge in [-0.3, -0.25) is 4.79 Å². The molecule has 1 fully saturated rings. The van der Waals surface area contributed by atoms with E-state index in [1.165, 1.54) is 11.8 Å². The van der Waals surface area contributed by atoms with Gasteiger partial charge in [0.2, 0.25) is 5.91 Å². The van der Waals surface area contributed by atoms with Gasteiger partial charge in [0.15, 0.2) is 0 Å². The molecule has 2 rings (SSSR count). The van der Waals surface area contributed by atoms with Crippen molar-refractivity contribution >= 4 is 11.6 Å². The van der Waals surface area contributed by atoms with E-state index in [0.717, 1.165) is 37.9 Å². The van der Waals surface area contributed by atoms with Crippen molar-refractivity contribution in [3.8, 4) is 0 Å². The van der Waals surface area contributed by atoms with Crippen molar-refractivity contribution in [2.24, 2.45) is 0 Å². The van der Waals surface area contributed by atoms with Gasteiger partial charge < -0.3 is 10.2 Å². The Hall–Kier alpha value is -1.49. The van der Waals surface area contributed by atoms with Crippen molar-refractivity contribution < 1.29 is 13.6 Å². The highest BCUT2D eigenvalue weighted by Crippen LogP contribution is 2.26. The molecule has 0 aliphatic carbocycles. The van der Waals surface area contributed by atoms with E-state index in [1.807, 2.05) is 6.92 Å². The molecule has 1 aliphatic rings. The van der Waals surface area contributed by atoms with Crippen molar-refractivity contribution in [3.63, 3.8) is 0 Å². The zero-order valence-corrected chi connectivity index (χ0v) is 11.9. The highest BCUT2D eigenvalue weighted by atomic mass is 19.1. The van der Waals surface area contributed by atoms with Crippen LogP contribution in [0.2, 0.25) is 0 Å². The van der Waals surface area contributed by atoms with E-state index in [0.29, 0.717) is 6.54 Å². The van der Waals surface area contributed by atoms with E-state index >= 15 is 0 Å². The number of anilines is 1. The molecule has 20 heavy (non-hydrogen) atoms. The lowest BCUT2D eigenvalue weighted by Gasteiger charge is -2.33. The summed E-state index contributed by atoms with van der Waals surface area (Å²) in [4.78, 5) is 13.7. The van der Waals surface area contributed by atoms with Crippen LogP contribution in [0, 0.1) is 18.6 Å². The molecule has 0 bridgehead atoms. The van der Waals surface area contributed by atoms with Crippen LogP contribution >= 0.6 is 0 Å². The van der Waals surface area contributed by atoms with E-state index < -0.39 is 11.6 Å². The molecule has 0 aromatic heterocycles. The summed E-state index contributed by atoms with van der Waals surface area (Å²) in [5, 5.41) is 3.16. The number of halogens is 2. The maximum atomic E-state index is 14.0. The number of carbonyl (C=O) groups excluding carboxylic acids is 1. The second kappa shape index (κ2) is 6.31. The van der Waals surface area contributed by atoms with Gasteiger partial charge in [-0.1, -0.05) is 6.92 Å². The van der Waals surface area contributed by atoms with Gasteiger partial charge in [0.25, 0.3) is 0 Å². The van der Waals surface area contributed by atoms with Gasteiger partial charge in [0.05, 0.1) is 11.7 Å². The Morgan fingerprint density at radius 1 is 1.35 bits per heavy atom. The van der Waals surface area contributed by atoms with E-state index in [1.54, 1.807) is 0 Å². The molecule has 3 nitrogen and oxygen atoms in total. The number of nitrogens with one attached hydrogen (secondary N) is 1. The molecule has 1 atom stereocenters. The van der Waals surface area contributed by atoms with Gasteiger partial charge in [0, 0.05) is 12.6 Å². The van der Waals surface area contributed by atoms with Crippen LogP contribution in [-0.2, 0) is 4.79 Å². The summed E-state index contributed by atoms with van der Waals surface area (Å²) < 4.78 is 27.6. The maximum absolute atomic E-state index is 14.0. The van der Waals surface area contributed by atoms with Crippen LogP contribution in [0.25, 0.3) is 0 Å². The monoisotopic (exact) mass is 282 g/mol. The van der Waals surface area contributed by atoms with E-state index in [9.17, 15) is 13.6 Å². The lowest BCUT2D eigenvalue weighted by atomic mass is 10.0. The molecule has 1 heterocycles. The number of benzene rings is 1. The summed E-state index contributed by atoms with van der Waals surface area (Å²) in [7, 11) is 0. The van der Waals surface area contributed by atoms with E-state index in [4.69, 9.17) is 0 Å². The average Bonchev–Trinajstić information content (AvgIpc) is 2.42. The Morgan fingerprint density at radius 2 is 2.10 bits per heavy atom. The third-order valence-electron chi connectivity index (χ3n) is 3.60. The van der Waals surface area contributed by atoms with Gasteiger partial charge in [-0.05, 0) is 44.4 Å². The van der Waals surface area contributed by atoms with Crippen molar-refractivity contribution in [1.82, 2.24) is 5.32 Å². The first kappa shape index (κ1) is 14.9. The highest BCUT2D eigenvalue weighted by Gasteiger charge is 2.30. The lowest BCUT2D eigenvalue weighted by molar-refractivity contribution is -0.121. The molecule has 0 saturated carbocycles. The Labute approximate surface area is 118 Å². The topological polar surface area (TPSA) is 32.3 Å². The minimum Gasteiger partial charge on any atom is -0.308 e. The predicted molar refractivity (Wildman–Crippen MR) is 74.8 cm³/mol. The molecule has 1 aromatic carbocycles. The van der Waals surface area contributed by atoms with Crippen LogP contribution < -0.4 is 10.2 Å². The van der Waals surface area contributed by atoms with Gasteiger partial charge in [-0.2, -0.15) is 0 Å². The summed E-state index contributed by atoms with van der Waals surface area (Å²) in [6.45, 7) is 4.70. The number of piperidine rings is 1. The smallest absolute Gasteiger partial charge is 0.244 e. The standard InChI is InChI=1S/C15H20F2N2O/c1-3-6-18-13-5-4-7-19(15(13)20)14-9-11(16)10(2)8-12(14)17/h8-9,13,18H,3-7H2,1-2H3. The molecule has 0 spiro atoms. The van der Waals surface area contributed by atoms with Crippen LogP contribution in [0.4, 0.5) is 14.5 Å². The van der Waals surface area contributed by atoms with Crippen molar-refractivity contribution in [1.29, 1.82) is 0 Å². The molecule has 1 aromatic rings. The number of carbonyl (C=O) groups is 1. The van der Waals surface area contributed by atoms with Crippen LogP contribution in [0.5, 0.6) is 0 Å². The molecule has 0 radical (unpaired) electrons. The van der Waals surface area contributed by atoms with Gasteiger partial charge in [-0.15, -0.1) is 0 Å². The highest BCUT2D eigenvalue weighted by molar-refractivity contribution is 5.98. The summed E-state index contributed by atoms with van der Waals surface area (Å²) in [5.41, 5.74) is 0.289. The van der Waals surface area contributed by atoms with Crippen LogP contribution in [0.1, 0.15) is 31.7 Å². The lowest BCUT2D eigenvalue weighted by Crippen LogP contribution is -2.51. The number of hydrogen-bond acceptors (Lipinski definition) is 2. The Morgan fingerprint density at radius 3 is 2.80 bits per heavy atom. The Balaban J connectivity index is 2.23. The summed E-state index contributed by atoms with van der Waals surface area (Å²) in [6.07, 6.45) is 2.45. The van der Waals surface area contributed by atoms with Crippen molar-refractivity contribution in [2.75, 3.05) is 18.0 Å². The largest absolute Gasteiger partial charge is 0.308 e. The predicted octanol–water partition coefficient (Wildman–Crippen LogP) is 2.77. The number of hydrogen-bond donors (Lipinski definition) is 1. The van der Waals surface area contributed by atoms with E-state index in [-0.39, 0.29) is 23.2 Å². The first-order valence-corrected chi connectivity index (χ1v) is 7.05. The fourth-order valence-electron chi connectivity index (χ4n) is 2.47. The SMILES string of the molecule is CCCNC1CCCN(c2cc(F)c(C)cc2F)C1=O. The number of nitrogens with zero attached hydrogens (tertiary/aromatic N) is 1. The third kappa shape index (κ3) is 2.98. The van der Waals surface area contributed by atoms with Crippen molar-refractivity contribution in [3.05, 3.63) is 29.3 Å². The van der Waals surface area contributed by atoms with Crippen LogP contribution in [0.15, 0.2) is 12.1 Å². The fraction of sp³-hybridized carbons (Fsp3) is 0.533. The van der Waals surface area contributed by atoms with Crippen LogP contribution in [-0.4, -0.2) is 25.0 Å².